The minimum atomic E-state index is 0. The van der Waals surface area contributed by atoms with Crippen LogP contribution in [0.15, 0.2) is 4.99 Å². The summed E-state index contributed by atoms with van der Waals surface area (Å²) in [5.74, 6) is 0.852. The van der Waals surface area contributed by atoms with Crippen LogP contribution in [0.5, 0.6) is 0 Å². The maximum atomic E-state index is 12.0. The number of rotatable bonds is 8. The summed E-state index contributed by atoms with van der Waals surface area (Å²) in [6, 6.07) is 0. The zero-order chi connectivity index (χ0) is 16.3. The van der Waals surface area contributed by atoms with Gasteiger partial charge in [0.1, 0.15) is 6.54 Å². The number of aliphatic imine (C=N–C) groups is 1. The molecule has 0 unspecified atom stereocenters. The Bertz CT molecular complexity index is 381. The van der Waals surface area contributed by atoms with Crippen molar-refractivity contribution in [3.05, 3.63) is 0 Å². The Morgan fingerprint density at radius 1 is 1.17 bits per heavy atom. The lowest BCUT2D eigenvalue weighted by atomic mass is 10.3. The van der Waals surface area contributed by atoms with Crippen molar-refractivity contribution in [2.24, 2.45) is 4.99 Å². The van der Waals surface area contributed by atoms with E-state index in [1.54, 1.807) is 0 Å². The average molecular weight is 452 g/mol. The molecule has 140 valence electrons. The molecule has 2 N–H and O–H groups in total. The number of likely N-dealkylation sites (tertiary alicyclic amines) is 1. The highest BCUT2D eigenvalue weighted by Crippen LogP contribution is 2.20. The second kappa shape index (κ2) is 12.7. The number of guanidine groups is 1. The van der Waals surface area contributed by atoms with Crippen LogP contribution in [0.2, 0.25) is 0 Å². The molecule has 1 saturated heterocycles. The lowest BCUT2D eigenvalue weighted by Crippen LogP contribution is -2.39. The lowest BCUT2D eigenvalue weighted by Gasteiger charge is -2.15. The first-order valence-corrected chi connectivity index (χ1v) is 9.21. The van der Waals surface area contributed by atoms with Gasteiger partial charge in [0.2, 0.25) is 5.91 Å². The number of halogens is 1. The van der Waals surface area contributed by atoms with Gasteiger partial charge in [-0.2, -0.15) is 0 Å². The summed E-state index contributed by atoms with van der Waals surface area (Å²) in [7, 11) is 0. The average Bonchev–Trinajstić information content (AvgIpc) is 3.25. The normalized spacial score (nSPS) is 18.5. The first kappa shape index (κ1) is 21.5. The minimum Gasteiger partial charge on any atom is -0.378 e. The van der Waals surface area contributed by atoms with Crippen LogP contribution >= 0.6 is 24.0 Å². The maximum absolute atomic E-state index is 12.0. The molecule has 0 spiro atoms. The second-order valence-electron chi connectivity index (χ2n) is 6.34. The number of nitrogens with one attached hydrogen (secondary N) is 2. The highest BCUT2D eigenvalue weighted by atomic mass is 127. The number of carbonyl (C=O) groups is 1. The molecule has 6 nitrogen and oxygen atoms in total. The highest BCUT2D eigenvalue weighted by molar-refractivity contribution is 14.0. The summed E-state index contributed by atoms with van der Waals surface area (Å²) in [4.78, 5) is 18.3. The van der Waals surface area contributed by atoms with Gasteiger partial charge < -0.3 is 20.3 Å². The quantitative estimate of drug-likeness (QED) is 0.256. The zero-order valence-electron chi connectivity index (χ0n) is 14.9. The number of amides is 1. The van der Waals surface area contributed by atoms with Crippen molar-refractivity contribution < 1.29 is 9.53 Å². The van der Waals surface area contributed by atoms with Crippen LogP contribution in [0, 0.1) is 0 Å². The third-order valence-electron chi connectivity index (χ3n) is 4.44. The fourth-order valence-corrected chi connectivity index (χ4v) is 3.14. The van der Waals surface area contributed by atoms with Crippen LogP contribution in [0.3, 0.4) is 0 Å². The minimum absolute atomic E-state index is 0. The van der Waals surface area contributed by atoms with Crippen LogP contribution in [-0.2, 0) is 9.53 Å². The molecular formula is C17H33IN4O2. The van der Waals surface area contributed by atoms with Gasteiger partial charge in [0, 0.05) is 32.8 Å². The summed E-state index contributed by atoms with van der Waals surface area (Å²) in [5, 5.41) is 6.47. The topological polar surface area (TPSA) is 66.0 Å². The van der Waals surface area contributed by atoms with E-state index in [1.807, 2.05) is 11.8 Å². The molecule has 0 aromatic heterocycles. The van der Waals surface area contributed by atoms with E-state index in [1.165, 1.54) is 25.7 Å². The van der Waals surface area contributed by atoms with Gasteiger partial charge >= 0.3 is 0 Å². The molecule has 7 heteroatoms. The SMILES string of the molecule is CCNC(=NCC(=O)N1CCCC1)NCCCOC1CCCC1.I. The van der Waals surface area contributed by atoms with E-state index in [4.69, 9.17) is 4.74 Å². The molecule has 0 radical (unpaired) electrons. The van der Waals surface area contributed by atoms with E-state index in [9.17, 15) is 4.79 Å². The number of hydrogen-bond acceptors (Lipinski definition) is 3. The van der Waals surface area contributed by atoms with Crippen LogP contribution in [0.1, 0.15) is 51.9 Å². The Balaban J connectivity index is 0.00000288. The van der Waals surface area contributed by atoms with E-state index in [2.05, 4.69) is 15.6 Å². The molecule has 0 atom stereocenters. The molecule has 1 aliphatic carbocycles. The van der Waals surface area contributed by atoms with Crippen molar-refractivity contribution in [3.63, 3.8) is 0 Å². The van der Waals surface area contributed by atoms with Crippen molar-refractivity contribution in [1.82, 2.24) is 15.5 Å². The van der Waals surface area contributed by atoms with Gasteiger partial charge in [-0.05, 0) is 39.0 Å². The molecule has 0 aromatic carbocycles. The Morgan fingerprint density at radius 3 is 2.54 bits per heavy atom. The van der Waals surface area contributed by atoms with Crippen LogP contribution in [0.4, 0.5) is 0 Å². The number of nitrogens with zero attached hydrogens (tertiary/aromatic N) is 2. The van der Waals surface area contributed by atoms with E-state index >= 15 is 0 Å². The summed E-state index contributed by atoms with van der Waals surface area (Å²) >= 11 is 0. The molecule has 0 aromatic rings. The second-order valence-corrected chi connectivity index (χ2v) is 6.34. The summed E-state index contributed by atoms with van der Waals surface area (Å²) in [6.07, 6.45) is 8.74. The Labute approximate surface area is 163 Å². The smallest absolute Gasteiger partial charge is 0.244 e. The number of ether oxygens (including phenoxy) is 1. The summed E-state index contributed by atoms with van der Waals surface area (Å²) < 4.78 is 5.85. The van der Waals surface area contributed by atoms with Gasteiger partial charge in [0.15, 0.2) is 5.96 Å². The van der Waals surface area contributed by atoms with Crippen molar-refractivity contribution >= 4 is 35.8 Å². The molecule has 24 heavy (non-hydrogen) atoms. The number of hydrogen-bond donors (Lipinski definition) is 2. The molecule has 1 aliphatic heterocycles. The van der Waals surface area contributed by atoms with Gasteiger partial charge in [-0.25, -0.2) is 4.99 Å². The molecule has 1 saturated carbocycles. The van der Waals surface area contributed by atoms with Gasteiger partial charge in [-0.3, -0.25) is 4.79 Å². The molecule has 1 heterocycles. The van der Waals surface area contributed by atoms with E-state index in [0.717, 1.165) is 58.0 Å². The predicted molar refractivity (Wildman–Crippen MR) is 108 cm³/mol. The van der Waals surface area contributed by atoms with Crippen LogP contribution < -0.4 is 10.6 Å². The monoisotopic (exact) mass is 452 g/mol. The Kier molecular flexibility index (Phi) is 11.4. The predicted octanol–water partition coefficient (Wildman–Crippen LogP) is 2.13. The lowest BCUT2D eigenvalue weighted by molar-refractivity contribution is -0.128. The van der Waals surface area contributed by atoms with Crippen molar-refractivity contribution in [2.45, 2.75) is 58.0 Å². The Morgan fingerprint density at radius 2 is 1.88 bits per heavy atom. The van der Waals surface area contributed by atoms with Crippen LogP contribution in [0.25, 0.3) is 0 Å². The number of carbonyl (C=O) groups excluding carboxylic acids is 1. The van der Waals surface area contributed by atoms with Gasteiger partial charge in [-0.15, -0.1) is 24.0 Å². The largest absolute Gasteiger partial charge is 0.378 e. The van der Waals surface area contributed by atoms with E-state index in [-0.39, 0.29) is 36.4 Å². The third-order valence-corrected chi connectivity index (χ3v) is 4.44. The summed E-state index contributed by atoms with van der Waals surface area (Å²) in [5.41, 5.74) is 0. The highest BCUT2D eigenvalue weighted by Gasteiger charge is 2.17. The molecule has 2 aliphatic rings. The first-order valence-electron chi connectivity index (χ1n) is 9.21. The zero-order valence-corrected chi connectivity index (χ0v) is 17.2. The molecule has 0 bridgehead atoms. The van der Waals surface area contributed by atoms with Gasteiger partial charge in [-0.1, -0.05) is 12.8 Å². The fourth-order valence-electron chi connectivity index (χ4n) is 3.14. The maximum Gasteiger partial charge on any atom is 0.244 e. The van der Waals surface area contributed by atoms with Crippen molar-refractivity contribution in [3.8, 4) is 0 Å². The molecule has 2 fully saturated rings. The first-order chi connectivity index (χ1) is 11.3. The van der Waals surface area contributed by atoms with E-state index < -0.39 is 0 Å². The van der Waals surface area contributed by atoms with Crippen molar-refractivity contribution in [2.75, 3.05) is 39.3 Å². The fraction of sp³-hybridized carbons (Fsp3) is 0.882. The standard InChI is InChI=1S/C17H32N4O2.HI/c1-2-18-17(20-14-16(22)21-11-5-6-12-21)19-10-7-13-23-15-8-3-4-9-15;/h15H,2-14H2,1H3,(H2,18,19,20);1H. The van der Waals surface area contributed by atoms with Gasteiger partial charge in [0.05, 0.1) is 6.10 Å². The van der Waals surface area contributed by atoms with Crippen molar-refractivity contribution in [1.29, 1.82) is 0 Å². The molecule has 1 amide bonds. The van der Waals surface area contributed by atoms with Gasteiger partial charge in [0.25, 0.3) is 0 Å². The summed E-state index contributed by atoms with van der Waals surface area (Å²) in [6.45, 7) is 6.44. The Hall–Kier alpha value is -0.570. The van der Waals surface area contributed by atoms with Crippen LogP contribution in [-0.4, -0.2) is 62.2 Å². The third kappa shape index (κ3) is 8.00. The molecule has 2 rings (SSSR count). The van der Waals surface area contributed by atoms with E-state index in [0.29, 0.717) is 6.10 Å². The molecular weight excluding hydrogens is 419 g/mol.